The van der Waals surface area contributed by atoms with Crippen molar-refractivity contribution in [1.82, 2.24) is 4.90 Å². The summed E-state index contributed by atoms with van der Waals surface area (Å²) in [5.41, 5.74) is 1.99. The van der Waals surface area contributed by atoms with Crippen LogP contribution in [0.5, 0.6) is 0 Å². The molecule has 1 amide bonds. The van der Waals surface area contributed by atoms with Gasteiger partial charge in [0.1, 0.15) is 6.04 Å². The second-order valence-electron chi connectivity index (χ2n) is 7.17. The van der Waals surface area contributed by atoms with Gasteiger partial charge >= 0.3 is 5.97 Å². The van der Waals surface area contributed by atoms with Crippen LogP contribution in [0, 0.1) is 0 Å². The van der Waals surface area contributed by atoms with E-state index in [1.165, 1.54) is 0 Å². The topological polar surface area (TPSA) is 46.6 Å². The molecule has 4 nitrogen and oxygen atoms in total. The van der Waals surface area contributed by atoms with Crippen molar-refractivity contribution in [3.8, 4) is 0 Å². The van der Waals surface area contributed by atoms with Gasteiger partial charge in [-0.25, -0.2) is 4.79 Å². The molecule has 3 atom stereocenters. The van der Waals surface area contributed by atoms with Crippen LogP contribution in [0.25, 0.3) is 0 Å². The third-order valence-corrected chi connectivity index (χ3v) is 5.89. The van der Waals surface area contributed by atoms with E-state index < -0.39 is 6.04 Å². The zero-order valence-electron chi connectivity index (χ0n) is 16.6. The van der Waals surface area contributed by atoms with E-state index in [1.807, 2.05) is 55.5 Å². The average molecular weight is 434 g/mol. The molecule has 0 N–H and O–H groups in total. The van der Waals surface area contributed by atoms with E-state index in [-0.39, 0.29) is 30.4 Å². The number of ether oxygens (including phenoxy) is 1. The van der Waals surface area contributed by atoms with Crippen LogP contribution < -0.4 is 0 Å². The molecule has 0 aliphatic carbocycles. The van der Waals surface area contributed by atoms with Crippen LogP contribution in [0.2, 0.25) is 10.0 Å². The van der Waals surface area contributed by atoms with Crippen molar-refractivity contribution in [3.05, 3.63) is 69.7 Å². The Bertz CT molecular complexity index is 869. The largest absolute Gasteiger partial charge is 0.464 e. The smallest absolute Gasteiger partial charge is 0.328 e. The lowest BCUT2D eigenvalue weighted by atomic mass is 9.79. The molecule has 0 aromatic heterocycles. The third kappa shape index (κ3) is 4.76. The quantitative estimate of drug-likeness (QED) is 0.542. The monoisotopic (exact) mass is 433 g/mol. The molecule has 0 radical (unpaired) electrons. The summed E-state index contributed by atoms with van der Waals surface area (Å²) >= 11 is 12.4. The number of amides is 1. The fraction of sp³-hybridized carbons (Fsp3) is 0.391. The molecular weight excluding hydrogens is 409 g/mol. The summed E-state index contributed by atoms with van der Waals surface area (Å²) in [5.74, 6) is -0.395. The van der Waals surface area contributed by atoms with Crippen LogP contribution in [0.3, 0.4) is 0 Å². The van der Waals surface area contributed by atoms with Gasteiger partial charge in [-0.15, -0.1) is 0 Å². The fourth-order valence-electron chi connectivity index (χ4n) is 4.14. The zero-order chi connectivity index (χ0) is 21.0. The first-order valence-electron chi connectivity index (χ1n) is 9.95. The first kappa shape index (κ1) is 21.7. The standard InChI is InChI=1S/C23H25Cl2NO3/c1-3-20(23(28)29-4-2)26-21(27)13-12-19(16-6-5-7-18(25)14-16)22(26)15-8-10-17(24)11-9-15/h5-11,14,19-20,22H,3-4,12-13H2,1-2H3/t19-,20-,22-/m1/s1. The Morgan fingerprint density at radius 3 is 2.45 bits per heavy atom. The second-order valence-corrected chi connectivity index (χ2v) is 8.05. The van der Waals surface area contributed by atoms with Gasteiger partial charge < -0.3 is 9.64 Å². The van der Waals surface area contributed by atoms with Crippen molar-refractivity contribution in [2.45, 2.75) is 51.1 Å². The number of hydrogen-bond donors (Lipinski definition) is 0. The number of carbonyl (C=O) groups is 2. The molecule has 1 fully saturated rings. The minimum absolute atomic E-state index is 0.0102. The Morgan fingerprint density at radius 2 is 1.83 bits per heavy atom. The van der Waals surface area contributed by atoms with Crippen LogP contribution in [0.4, 0.5) is 0 Å². The summed E-state index contributed by atoms with van der Waals surface area (Å²) in [7, 11) is 0. The van der Waals surface area contributed by atoms with Crippen molar-refractivity contribution >= 4 is 35.1 Å². The Labute approximate surface area is 181 Å². The zero-order valence-corrected chi connectivity index (χ0v) is 18.1. The number of rotatable bonds is 6. The number of piperidine rings is 1. The molecular formula is C23H25Cl2NO3. The highest BCUT2D eigenvalue weighted by Gasteiger charge is 2.43. The van der Waals surface area contributed by atoms with Crippen molar-refractivity contribution < 1.29 is 14.3 Å². The fourth-order valence-corrected chi connectivity index (χ4v) is 4.46. The van der Waals surface area contributed by atoms with E-state index >= 15 is 0 Å². The van der Waals surface area contributed by atoms with Gasteiger partial charge in [0.15, 0.2) is 0 Å². The van der Waals surface area contributed by atoms with Crippen LogP contribution in [-0.2, 0) is 14.3 Å². The van der Waals surface area contributed by atoms with Crippen LogP contribution >= 0.6 is 23.2 Å². The molecule has 1 saturated heterocycles. The van der Waals surface area contributed by atoms with E-state index in [0.717, 1.165) is 11.1 Å². The van der Waals surface area contributed by atoms with Gasteiger partial charge in [-0.3, -0.25) is 4.79 Å². The van der Waals surface area contributed by atoms with E-state index in [2.05, 4.69) is 0 Å². The molecule has 2 aromatic rings. The first-order valence-corrected chi connectivity index (χ1v) is 10.7. The molecule has 0 unspecified atom stereocenters. The van der Waals surface area contributed by atoms with E-state index in [1.54, 1.807) is 11.8 Å². The Morgan fingerprint density at radius 1 is 1.10 bits per heavy atom. The number of hydrogen-bond acceptors (Lipinski definition) is 3. The highest BCUT2D eigenvalue weighted by atomic mass is 35.5. The molecule has 0 spiro atoms. The highest BCUT2D eigenvalue weighted by Crippen LogP contribution is 2.45. The molecule has 1 heterocycles. The number of esters is 1. The molecule has 0 bridgehead atoms. The van der Waals surface area contributed by atoms with Gasteiger partial charge in [0, 0.05) is 22.4 Å². The lowest BCUT2D eigenvalue weighted by Gasteiger charge is -2.44. The normalized spacial score (nSPS) is 20.4. The third-order valence-electron chi connectivity index (χ3n) is 5.41. The van der Waals surface area contributed by atoms with Gasteiger partial charge in [0.05, 0.1) is 12.6 Å². The Kier molecular flexibility index (Phi) is 7.20. The summed E-state index contributed by atoms with van der Waals surface area (Å²) in [4.78, 5) is 27.5. The van der Waals surface area contributed by atoms with E-state index in [9.17, 15) is 9.59 Å². The van der Waals surface area contributed by atoms with Crippen molar-refractivity contribution in [1.29, 1.82) is 0 Å². The lowest BCUT2D eigenvalue weighted by molar-refractivity contribution is -0.159. The number of benzene rings is 2. The van der Waals surface area contributed by atoms with Crippen LogP contribution in [-0.4, -0.2) is 29.4 Å². The van der Waals surface area contributed by atoms with Gasteiger partial charge in [0.25, 0.3) is 0 Å². The maximum Gasteiger partial charge on any atom is 0.328 e. The predicted molar refractivity (Wildman–Crippen MR) is 115 cm³/mol. The van der Waals surface area contributed by atoms with Gasteiger partial charge in [-0.05, 0) is 55.2 Å². The summed E-state index contributed by atoms with van der Waals surface area (Å²) < 4.78 is 5.28. The van der Waals surface area contributed by atoms with E-state index in [0.29, 0.717) is 29.3 Å². The molecule has 154 valence electrons. The second kappa shape index (κ2) is 9.64. The first-order chi connectivity index (χ1) is 14.0. The minimum atomic E-state index is -0.634. The molecule has 1 aliphatic rings. The van der Waals surface area contributed by atoms with Crippen molar-refractivity contribution in [2.24, 2.45) is 0 Å². The molecule has 0 saturated carbocycles. The number of likely N-dealkylation sites (tertiary alicyclic amines) is 1. The molecule has 6 heteroatoms. The SMILES string of the molecule is CCOC(=O)[C@@H](CC)N1C(=O)CC[C@H](c2cccc(Cl)c2)[C@H]1c1ccc(Cl)cc1. The molecule has 29 heavy (non-hydrogen) atoms. The molecule has 3 rings (SSSR count). The summed E-state index contributed by atoms with van der Waals surface area (Å²) in [6.45, 7) is 3.95. The molecule has 2 aromatic carbocycles. The summed E-state index contributed by atoms with van der Waals surface area (Å²) in [6, 6.07) is 14.3. The highest BCUT2D eigenvalue weighted by molar-refractivity contribution is 6.30. The summed E-state index contributed by atoms with van der Waals surface area (Å²) in [6.07, 6.45) is 1.54. The van der Waals surface area contributed by atoms with Crippen molar-refractivity contribution in [2.75, 3.05) is 6.61 Å². The Hall–Kier alpha value is -2.04. The van der Waals surface area contributed by atoms with Crippen LogP contribution in [0.15, 0.2) is 48.5 Å². The summed E-state index contributed by atoms with van der Waals surface area (Å²) in [5, 5.41) is 1.28. The van der Waals surface area contributed by atoms with Gasteiger partial charge in [0.2, 0.25) is 5.91 Å². The minimum Gasteiger partial charge on any atom is -0.464 e. The van der Waals surface area contributed by atoms with Crippen molar-refractivity contribution in [3.63, 3.8) is 0 Å². The number of nitrogens with zero attached hydrogens (tertiary/aromatic N) is 1. The van der Waals surface area contributed by atoms with Gasteiger partial charge in [-0.1, -0.05) is 54.4 Å². The predicted octanol–water partition coefficient (Wildman–Crippen LogP) is 5.78. The van der Waals surface area contributed by atoms with Crippen LogP contribution in [0.1, 0.15) is 56.2 Å². The lowest BCUT2D eigenvalue weighted by Crippen LogP contribution is -2.51. The maximum atomic E-state index is 13.1. The van der Waals surface area contributed by atoms with Gasteiger partial charge in [-0.2, -0.15) is 0 Å². The van der Waals surface area contributed by atoms with E-state index in [4.69, 9.17) is 27.9 Å². The maximum absolute atomic E-state index is 13.1. The number of carbonyl (C=O) groups excluding carboxylic acids is 2. The number of halogens is 2. The average Bonchev–Trinajstić information content (AvgIpc) is 2.70. The Balaban J connectivity index is 2.10. The molecule has 1 aliphatic heterocycles.